The number of fused-ring (bicyclic) bond motifs is 1. The van der Waals surface area contributed by atoms with Crippen LogP contribution >= 0.6 is 0 Å². The van der Waals surface area contributed by atoms with E-state index in [1.54, 1.807) is 0 Å². The highest BCUT2D eigenvalue weighted by Gasteiger charge is 1.97. The highest BCUT2D eigenvalue weighted by Crippen LogP contribution is 2.16. The minimum Gasteiger partial charge on any atom is -0.384 e. The predicted molar refractivity (Wildman–Crippen MR) is 85.0 cm³/mol. The quantitative estimate of drug-likeness (QED) is 0.694. The molecule has 0 aliphatic heterocycles. The molecule has 0 unspecified atom stereocenters. The van der Waals surface area contributed by atoms with E-state index in [1.807, 2.05) is 24.4 Å². The van der Waals surface area contributed by atoms with E-state index in [-0.39, 0.29) is 0 Å². The van der Waals surface area contributed by atoms with Gasteiger partial charge in [-0.05, 0) is 30.5 Å². The third-order valence-electron chi connectivity index (χ3n) is 3.40. The van der Waals surface area contributed by atoms with Gasteiger partial charge in [-0.2, -0.15) is 0 Å². The second-order valence-corrected chi connectivity index (χ2v) is 4.93. The molecule has 20 heavy (non-hydrogen) atoms. The van der Waals surface area contributed by atoms with Crippen LogP contribution in [0, 0.1) is 0 Å². The normalized spacial score (nSPS) is 10.6. The second-order valence-electron chi connectivity index (χ2n) is 4.93. The maximum atomic E-state index is 4.46. The summed E-state index contributed by atoms with van der Waals surface area (Å²) in [6.07, 6.45) is 4.14. The van der Waals surface area contributed by atoms with Gasteiger partial charge in [-0.15, -0.1) is 0 Å². The van der Waals surface area contributed by atoms with Crippen LogP contribution in [0.4, 0.5) is 5.69 Å². The second kappa shape index (κ2) is 6.20. The van der Waals surface area contributed by atoms with Crippen LogP contribution in [0.25, 0.3) is 10.9 Å². The van der Waals surface area contributed by atoms with E-state index in [1.165, 1.54) is 10.9 Å². The number of pyridine rings is 1. The molecule has 0 atom stereocenters. The van der Waals surface area contributed by atoms with Crippen molar-refractivity contribution in [2.24, 2.45) is 0 Å². The van der Waals surface area contributed by atoms with Crippen molar-refractivity contribution in [1.29, 1.82) is 0 Å². The molecule has 1 N–H and O–H groups in total. The van der Waals surface area contributed by atoms with Crippen molar-refractivity contribution >= 4 is 16.6 Å². The average molecular weight is 262 g/mol. The molecule has 0 radical (unpaired) electrons. The lowest BCUT2D eigenvalue weighted by atomic mass is 10.1. The van der Waals surface area contributed by atoms with Crippen LogP contribution in [0.1, 0.15) is 12.0 Å². The van der Waals surface area contributed by atoms with Gasteiger partial charge in [0.15, 0.2) is 0 Å². The van der Waals surface area contributed by atoms with Crippen LogP contribution in [0.15, 0.2) is 66.9 Å². The number of rotatable bonds is 5. The van der Waals surface area contributed by atoms with Crippen molar-refractivity contribution in [2.75, 3.05) is 11.9 Å². The maximum absolute atomic E-state index is 4.46. The van der Waals surface area contributed by atoms with Crippen molar-refractivity contribution in [3.05, 3.63) is 72.4 Å². The number of nitrogens with one attached hydrogen (secondary N) is 1. The van der Waals surface area contributed by atoms with Crippen LogP contribution in [-0.4, -0.2) is 11.5 Å². The van der Waals surface area contributed by atoms with E-state index in [4.69, 9.17) is 0 Å². The molecule has 1 aromatic heterocycles. The van der Waals surface area contributed by atoms with Gasteiger partial charge in [-0.1, -0.05) is 48.5 Å². The lowest BCUT2D eigenvalue weighted by molar-refractivity contribution is 0.863. The van der Waals surface area contributed by atoms with E-state index in [0.29, 0.717) is 0 Å². The lowest BCUT2D eigenvalue weighted by Gasteiger charge is -2.07. The van der Waals surface area contributed by atoms with Crippen molar-refractivity contribution in [2.45, 2.75) is 12.8 Å². The molecule has 0 amide bonds. The summed E-state index contributed by atoms with van der Waals surface area (Å²) in [6.45, 7) is 0.967. The van der Waals surface area contributed by atoms with Crippen LogP contribution in [-0.2, 0) is 6.42 Å². The molecule has 1 heterocycles. The fraction of sp³-hybridized carbons (Fsp3) is 0.167. The topological polar surface area (TPSA) is 24.9 Å². The zero-order valence-corrected chi connectivity index (χ0v) is 11.4. The number of nitrogens with zero attached hydrogens (tertiary/aromatic N) is 1. The Balaban J connectivity index is 1.55. The highest BCUT2D eigenvalue weighted by atomic mass is 14.9. The SMILES string of the molecule is c1ccc(CCCNc2cnc3ccccc3c2)cc1. The Labute approximate surface area is 119 Å². The first kappa shape index (κ1) is 12.7. The third-order valence-corrected chi connectivity index (χ3v) is 3.40. The molecular weight excluding hydrogens is 244 g/mol. The van der Waals surface area contributed by atoms with Crippen molar-refractivity contribution in [1.82, 2.24) is 4.98 Å². The van der Waals surface area contributed by atoms with Crippen molar-refractivity contribution in [3.8, 4) is 0 Å². The number of aromatic nitrogens is 1. The Bertz CT molecular complexity index is 677. The fourth-order valence-electron chi connectivity index (χ4n) is 2.34. The average Bonchev–Trinajstić information content (AvgIpc) is 2.52. The Hall–Kier alpha value is -2.35. The van der Waals surface area contributed by atoms with Gasteiger partial charge >= 0.3 is 0 Å². The van der Waals surface area contributed by atoms with Crippen LogP contribution < -0.4 is 5.32 Å². The zero-order valence-electron chi connectivity index (χ0n) is 11.4. The summed E-state index contributed by atoms with van der Waals surface area (Å²) in [6, 6.07) is 21.0. The van der Waals surface area contributed by atoms with Gasteiger partial charge in [0.2, 0.25) is 0 Å². The molecule has 2 heteroatoms. The molecule has 0 saturated carbocycles. The molecular formula is C18H18N2. The first-order valence-electron chi connectivity index (χ1n) is 7.04. The first-order valence-corrected chi connectivity index (χ1v) is 7.04. The first-order chi connectivity index (χ1) is 9.92. The molecule has 0 saturated heterocycles. The largest absolute Gasteiger partial charge is 0.384 e. The Morgan fingerprint density at radius 1 is 0.900 bits per heavy atom. The minimum absolute atomic E-state index is 0.967. The summed E-state index contributed by atoms with van der Waals surface area (Å²) in [5.41, 5.74) is 3.53. The number of anilines is 1. The van der Waals surface area contributed by atoms with E-state index < -0.39 is 0 Å². The molecule has 0 spiro atoms. The highest BCUT2D eigenvalue weighted by molar-refractivity contribution is 5.81. The number of benzene rings is 2. The third kappa shape index (κ3) is 3.15. The molecule has 0 aliphatic rings. The molecule has 3 aromatic rings. The van der Waals surface area contributed by atoms with Gasteiger partial charge in [-0.3, -0.25) is 4.98 Å². The molecule has 0 fully saturated rings. The predicted octanol–water partition coefficient (Wildman–Crippen LogP) is 4.28. The Morgan fingerprint density at radius 3 is 2.60 bits per heavy atom. The van der Waals surface area contributed by atoms with E-state index >= 15 is 0 Å². The summed E-state index contributed by atoms with van der Waals surface area (Å²) in [5.74, 6) is 0. The maximum Gasteiger partial charge on any atom is 0.0703 e. The summed E-state index contributed by atoms with van der Waals surface area (Å²) in [7, 11) is 0. The molecule has 100 valence electrons. The standard InChI is InChI=1S/C18H18N2/c1-2-7-15(8-3-1)9-6-12-19-17-13-16-10-4-5-11-18(16)20-14-17/h1-5,7-8,10-11,13-14,19H,6,9,12H2. The smallest absolute Gasteiger partial charge is 0.0703 e. The van der Waals surface area contributed by atoms with Gasteiger partial charge in [0.25, 0.3) is 0 Å². The summed E-state index contributed by atoms with van der Waals surface area (Å²) in [4.78, 5) is 4.46. The van der Waals surface area contributed by atoms with Crippen molar-refractivity contribution in [3.63, 3.8) is 0 Å². The van der Waals surface area contributed by atoms with E-state index in [9.17, 15) is 0 Å². The summed E-state index contributed by atoms with van der Waals surface area (Å²) in [5, 5.41) is 4.63. The molecule has 0 bridgehead atoms. The van der Waals surface area contributed by atoms with Crippen LogP contribution in [0.5, 0.6) is 0 Å². The van der Waals surface area contributed by atoms with Gasteiger partial charge in [-0.25, -0.2) is 0 Å². The van der Waals surface area contributed by atoms with Gasteiger partial charge in [0.1, 0.15) is 0 Å². The van der Waals surface area contributed by atoms with E-state index in [2.05, 4.69) is 52.8 Å². The molecule has 0 aliphatic carbocycles. The molecule has 2 aromatic carbocycles. The Morgan fingerprint density at radius 2 is 1.70 bits per heavy atom. The minimum atomic E-state index is 0.967. The number of hydrogen-bond acceptors (Lipinski definition) is 2. The van der Waals surface area contributed by atoms with Crippen molar-refractivity contribution < 1.29 is 0 Å². The monoisotopic (exact) mass is 262 g/mol. The number of aryl methyl sites for hydroxylation is 1. The molecule has 3 rings (SSSR count). The number of para-hydroxylation sites is 1. The number of hydrogen-bond donors (Lipinski definition) is 1. The van der Waals surface area contributed by atoms with Gasteiger partial charge < -0.3 is 5.32 Å². The van der Waals surface area contributed by atoms with Crippen LogP contribution in [0.3, 0.4) is 0 Å². The van der Waals surface area contributed by atoms with E-state index in [0.717, 1.165) is 30.6 Å². The van der Waals surface area contributed by atoms with Gasteiger partial charge in [0.05, 0.1) is 17.4 Å². The van der Waals surface area contributed by atoms with Gasteiger partial charge in [0, 0.05) is 11.9 Å². The summed E-state index contributed by atoms with van der Waals surface area (Å²) >= 11 is 0. The molecule has 2 nitrogen and oxygen atoms in total. The zero-order chi connectivity index (χ0) is 13.6. The van der Waals surface area contributed by atoms with Crippen LogP contribution in [0.2, 0.25) is 0 Å². The summed E-state index contributed by atoms with van der Waals surface area (Å²) < 4.78 is 0. The Kier molecular flexibility index (Phi) is 3.93. The lowest BCUT2D eigenvalue weighted by Crippen LogP contribution is -2.03. The fourth-order valence-corrected chi connectivity index (χ4v) is 2.34.